The number of hydrogen-bond donors (Lipinski definition) is 0. The van der Waals surface area contributed by atoms with Crippen LogP contribution >= 0.6 is 0 Å². The van der Waals surface area contributed by atoms with Gasteiger partial charge in [-0.15, -0.1) is 0 Å². The molecule has 0 aromatic heterocycles. The molecule has 0 aromatic carbocycles. The van der Waals surface area contributed by atoms with Crippen LogP contribution in [0.2, 0.25) is 0 Å². The van der Waals surface area contributed by atoms with Gasteiger partial charge in [0.25, 0.3) is 0 Å². The van der Waals surface area contributed by atoms with Crippen molar-refractivity contribution in [3.63, 3.8) is 0 Å². The number of rotatable bonds is 4. The first-order chi connectivity index (χ1) is 4.66. The van der Waals surface area contributed by atoms with E-state index in [1.54, 1.807) is 0 Å². The van der Waals surface area contributed by atoms with Gasteiger partial charge in [-0.2, -0.15) is 4.94 Å². The molecule has 0 heterocycles. The van der Waals surface area contributed by atoms with Crippen LogP contribution in [0.5, 0.6) is 0 Å². The summed E-state index contributed by atoms with van der Waals surface area (Å²) in [5.74, 6) is -0.403. The normalized spacial score (nSPS) is 10.0. The lowest BCUT2D eigenvalue weighted by Gasteiger charge is -2.04. The van der Waals surface area contributed by atoms with Gasteiger partial charge < -0.3 is 4.74 Å². The monoisotopic (exact) mass is 150 g/mol. The molecule has 0 N–H and O–H groups in total. The number of ether oxygens (including phenoxy) is 1. The number of halogens is 1. The van der Waals surface area contributed by atoms with Crippen molar-refractivity contribution in [3.05, 3.63) is 0 Å². The summed E-state index contributed by atoms with van der Waals surface area (Å²) in [6, 6.07) is 0. The number of hydrogen-bond acceptors (Lipinski definition) is 3. The van der Waals surface area contributed by atoms with Crippen LogP contribution in [-0.2, 0) is 14.5 Å². The Labute approximate surface area is 59.0 Å². The molecule has 0 saturated carbocycles. The van der Waals surface area contributed by atoms with Crippen LogP contribution in [0.1, 0.15) is 13.8 Å². The fourth-order valence-electron chi connectivity index (χ4n) is 0.346. The fraction of sp³-hybridized carbons (Fsp3) is 0.833. The highest BCUT2D eigenvalue weighted by Crippen LogP contribution is 1.92. The van der Waals surface area contributed by atoms with Crippen molar-refractivity contribution in [2.45, 2.75) is 13.8 Å². The van der Waals surface area contributed by atoms with Crippen LogP contribution in [0.15, 0.2) is 0 Å². The smallest absolute Gasteiger partial charge is 0.335 e. The second-order valence-electron chi connectivity index (χ2n) is 2.33. The second kappa shape index (κ2) is 5.17. The van der Waals surface area contributed by atoms with Gasteiger partial charge in [-0.1, -0.05) is 13.8 Å². The van der Waals surface area contributed by atoms with Crippen LogP contribution < -0.4 is 0 Å². The number of esters is 1. The summed E-state index contributed by atoms with van der Waals surface area (Å²) < 4.78 is 15.5. The lowest BCUT2D eigenvalue weighted by Crippen LogP contribution is -2.13. The lowest BCUT2D eigenvalue weighted by atomic mass is 10.2. The molecule has 0 rings (SSSR count). The summed E-state index contributed by atoms with van der Waals surface area (Å²) in [6.07, 6.45) is 0. The molecule has 0 spiro atoms. The van der Waals surface area contributed by atoms with Gasteiger partial charge >= 0.3 is 5.97 Å². The molecular weight excluding hydrogens is 139 g/mol. The summed E-state index contributed by atoms with van der Waals surface area (Å²) in [5, 5.41) is 0. The van der Waals surface area contributed by atoms with E-state index in [-0.39, 0.29) is 5.92 Å². The molecule has 3 nitrogen and oxygen atoms in total. The van der Waals surface area contributed by atoms with Crippen molar-refractivity contribution in [2.75, 3.05) is 13.2 Å². The Bertz CT molecular complexity index is 103. The van der Waals surface area contributed by atoms with E-state index in [1.807, 2.05) is 13.8 Å². The van der Waals surface area contributed by atoms with E-state index < -0.39 is 12.6 Å². The fourth-order valence-corrected chi connectivity index (χ4v) is 0.346. The van der Waals surface area contributed by atoms with Crippen LogP contribution in [0.25, 0.3) is 0 Å². The van der Waals surface area contributed by atoms with E-state index in [2.05, 4.69) is 9.68 Å². The van der Waals surface area contributed by atoms with E-state index in [0.717, 1.165) is 0 Å². The molecular formula is C6H11FO3. The highest BCUT2D eigenvalue weighted by atomic mass is 19.3. The zero-order chi connectivity index (χ0) is 7.98. The Hall–Kier alpha value is -0.640. The minimum absolute atomic E-state index is 0.267. The first-order valence-electron chi connectivity index (χ1n) is 3.06. The van der Waals surface area contributed by atoms with Crippen LogP contribution in [0, 0.1) is 5.92 Å². The molecule has 0 saturated heterocycles. The van der Waals surface area contributed by atoms with E-state index in [9.17, 15) is 9.32 Å². The molecule has 0 aliphatic heterocycles. The van der Waals surface area contributed by atoms with E-state index in [0.29, 0.717) is 6.61 Å². The third-order valence-electron chi connectivity index (χ3n) is 0.750. The summed E-state index contributed by atoms with van der Waals surface area (Å²) in [5.41, 5.74) is 0. The number of carbonyl (C=O) groups excluding carboxylic acids is 1. The zero-order valence-electron chi connectivity index (χ0n) is 6.09. The Kier molecular flexibility index (Phi) is 4.84. The molecule has 0 atom stereocenters. The quantitative estimate of drug-likeness (QED) is 0.562. The van der Waals surface area contributed by atoms with Gasteiger partial charge in [-0.05, 0) is 10.4 Å². The Balaban J connectivity index is 3.22. The summed E-state index contributed by atoms with van der Waals surface area (Å²) >= 11 is 0. The molecule has 0 amide bonds. The van der Waals surface area contributed by atoms with Crippen molar-refractivity contribution in [1.82, 2.24) is 0 Å². The molecule has 0 aliphatic rings. The molecule has 0 radical (unpaired) electrons. The van der Waals surface area contributed by atoms with E-state index >= 15 is 0 Å². The minimum Gasteiger partial charge on any atom is -0.464 e. The third kappa shape index (κ3) is 5.50. The maximum absolute atomic E-state index is 11.0. The van der Waals surface area contributed by atoms with Gasteiger partial charge in [0.1, 0.15) is 0 Å². The maximum atomic E-state index is 11.0. The van der Waals surface area contributed by atoms with Gasteiger partial charge in [0.15, 0.2) is 6.61 Å². The summed E-state index contributed by atoms with van der Waals surface area (Å²) in [4.78, 5) is 13.4. The zero-order valence-corrected chi connectivity index (χ0v) is 6.09. The first kappa shape index (κ1) is 9.36. The molecule has 4 heteroatoms. The summed E-state index contributed by atoms with van der Waals surface area (Å²) in [6.45, 7) is 3.47. The number of carbonyl (C=O) groups is 1. The van der Waals surface area contributed by atoms with Gasteiger partial charge in [-0.3, -0.25) is 0 Å². The van der Waals surface area contributed by atoms with Gasteiger partial charge in [0, 0.05) is 0 Å². The molecule has 0 unspecified atom stereocenters. The SMILES string of the molecule is CC(C)COC(=O)COF. The molecule has 0 aromatic rings. The van der Waals surface area contributed by atoms with Gasteiger partial charge in [0.05, 0.1) is 6.61 Å². The van der Waals surface area contributed by atoms with Crippen molar-refractivity contribution < 1.29 is 19.0 Å². The van der Waals surface area contributed by atoms with Crippen molar-refractivity contribution in [1.29, 1.82) is 0 Å². The molecule has 0 fully saturated rings. The van der Waals surface area contributed by atoms with Crippen LogP contribution in [0.4, 0.5) is 4.53 Å². The summed E-state index contributed by atoms with van der Waals surface area (Å²) in [7, 11) is 0. The third-order valence-corrected chi connectivity index (χ3v) is 0.750. The topological polar surface area (TPSA) is 35.5 Å². The van der Waals surface area contributed by atoms with Crippen LogP contribution in [0.3, 0.4) is 0 Å². The van der Waals surface area contributed by atoms with Crippen LogP contribution in [-0.4, -0.2) is 19.2 Å². The minimum atomic E-state index is -0.670. The average molecular weight is 150 g/mol. The lowest BCUT2D eigenvalue weighted by molar-refractivity contribution is -0.176. The van der Waals surface area contributed by atoms with Gasteiger partial charge in [0.2, 0.25) is 0 Å². The van der Waals surface area contributed by atoms with Crippen molar-refractivity contribution in [3.8, 4) is 0 Å². The standard InChI is InChI=1S/C6H11FO3/c1-5(2)3-9-6(8)4-10-7/h5H,3-4H2,1-2H3. The Morgan fingerprint density at radius 1 is 1.60 bits per heavy atom. The van der Waals surface area contributed by atoms with E-state index in [1.165, 1.54) is 0 Å². The predicted octanol–water partition coefficient (Wildman–Crippen LogP) is 1.09. The van der Waals surface area contributed by atoms with Crippen molar-refractivity contribution in [2.24, 2.45) is 5.92 Å². The van der Waals surface area contributed by atoms with E-state index in [4.69, 9.17) is 0 Å². The predicted molar refractivity (Wildman–Crippen MR) is 32.9 cm³/mol. The molecule has 60 valence electrons. The van der Waals surface area contributed by atoms with Gasteiger partial charge in [-0.25, -0.2) is 4.79 Å². The first-order valence-corrected chi connectivity index (χ1v) is 3.06. The average Bonchev–Trinajstić information content (AvgIpc) is 1.85. The highest BCUT2D eigenvalue weighted by molar-refractivity contribution is 5.70. The maximum Gasteiger partial charge on any atom is 0.335 e. The largest absolute Gasteiger partial charge is 0.464 e. The highest BCUT2D eigenvalue weighted by Gasteiger charge is 2.03. The second-order valence-corrected chi connectivity index (χ2v) is 2.33. The molecule has 10 heavy (non-hydrogen) atoms. The Morgan fingerprint density at radius 2 is 2.20 bits per heavy atom. The van der Waals surface area contributed by atoms with Crippen molar-refractivity contribution >= 4 is 5.97 Å². The Morgan fingerprint density at radius 3 is 2.60 bits per heavy atom. The molecule has 0 aliphatic carbocycles. The molecule has 0 bridgehead atoms.